The van der Waals surface area contributed by atoms with Crippen molar-refractivity contribution < 1.29 is 9.59 Å². The molecule has 0 saturated carbocycles. The number of rotatable bonds is 5. The van der Waals surface area contributed by atoms with Crippen molar-refractivity contribution in [2.75, 3.05) is 26.2 Å². The molecule has 4 nitrogen and oxygen atoms in total. The van der Waals surface area contributed by atoms with Crippen LogP contribution in [0.5, 0.6) is 0 Å². The minimum atomic E-state index is -0.0338. The van der Waals surface area contributed by atoms with Crippen molar-refractivity contribution in [1.82, 2.24) is 9.80 Å². The first kappa shape index (κ1) is 14.6. The lowest BCUT2D eigenvalue weighted by molar-refractivity contribution is -0.138. The lowest BCUT2D eigenvalue weighted by Gasteiger charge is -2.24. The van der Waals surface area contributed by atoms with Crippen LogP contribution in [0.25, 0.3) is 0 Å². The van der Waals surface area contributed by atoms with Gasteiger partial charge in [-0.1, -0.05) is 30.3 Å². The van der Waals surface area contributed by atoms with Gasteiger partial charge in [-0.25, -0.2) is 0 Å². The summed E-state index contributed by atoms with van der Waals surface area (Å²) in [5, 5.41) is 0. The van der Waals surface area contributed by atoms with E-state index < -0.39 is 0 Å². The van der Waals surface area contributed by atoms with E-state index in [-0.39, 0.29) is 18.4 Å². The third-order valence-corrected chi connectivity index (χ3v) is 3.74. The maximum absolute atomic E-state index is 12.1. The number of nitrogens with zero attached hydrogens (tertiary/aromatic N) is 2. The Hall–Kier alpha value is -1.84. The molecule has 108 valence electrons. The van der Waals surface area contributed by atoms with E-state index in [9.17, 15) is 9.59 Å². The van der Waals surface area contributed by atoms with Gasteiger partial charge in [0.05, 0.1) is 6.54 Å². The Balaban J connectivity index is 1.87. The van der Waals surface area contributed by atoms with Gasteiger partial charge in [0.15, 0.2) is 0 Å². The highest BCUT2D eigenvalue weighted by molar-refractivity contribution is 5.84. The molecule has 0 spiro atoms. The van der Waals surface area contributed by atoms with E-state index in [0.29, 0.717) is 6.54 Å². The largest absolute Gasteiger partial charge is 0.341 e. The topological polar surface area (TPSA) is 40.6 Å². The first-order valence-electron chi connectivity index (χ1n) is 7.24. The van der Waals surface area contributed by atoms with Gasteiger partial charge in [0.2, 0.25) is 11.8 Å². The fourth-order valence-corrected chi connectivity index (χ4v) is 2.49. The summed E-state index contributed by atoms with van der Waals surface area (Å²) in [6, 6.07) is 10.0. The summed E-state index contributed by atoms with van der Waals surface area (Å²) in [5.41, 5.74) is 1.19. The van der Waals surface area contributed by atoms with Crippen LogP contribution in [0.3, 0.4) is 0 Å². The van der Waals surface area contributed by atoms with Crippen LogP contribution in [-0.2, 0) is 16.0 Å². The molecule has 2 rings (SSSR count). The quantitative estimate of drug-likeness (QED) is 0.820. The standard InChI is InChI=1S/C16H22N2O2/c1-14(19)18(12-9-15-7-3-2-4-8-15)13-16(20)17-10-5-6-11-17/h2-4,7-8H,5-6,9-13H2,1H3. The molecule has 1 aromatic rings. The van der Waals surface area contributed by atoms with Gasteiger partial charge >= 0.3 is 0 Å². The summed E-state index contributed by atoms with van der Waals surface area (Å²) in [7, 11) is 0. The molecule has 0 radical (unpaired) electrons. The normalized spacial score (nSPS) is 14.3. The number of benzene rings is 1. The molecule has 1 saturated heterocycles. The third kappa shape index (κ3) is 4.08. The van der Waals surface area contributed by atoms with Crippen molar-refractivity contribution in [3.8, 4) is 0 Å². The fourth-order valence-electron chi connectivity index (χ4n) is 2.49. The molecule has 1 heterocycles. The maximum Gasteiger partial charge on any atom is 0.242 e. The number of carbonyl (C=O) groups is 2. The van der Waals surface area contributed by atoms with E-state index in [1.165, 1.54) is 12.5 Å². The Morgan fingerprint density at radius 3 is 2.40 bits per heavy atom. The van der Waals surface area contributed by atoms with Gasteiger partial charge in [-0.05, 0) is 24.8 Å². The Morgan fingerprint density at radius 2 is 1.80 bits per heavy atom. The summed E-state index contributed by atoms with van der Waals surface area (Å²) in [5.74, 6) is 0.0410. The van der Waals surface area contributed by atoms with Crippen LogP contribution < -0.4 is 0 Å². The maximum atomic E-state index is 12.1. The molecule has 1 fully saturated rings. The minimum absolute atomic E-state index is 0.0338. The third-order valence-electron chi connectivity index (χ3n) is 3.74. The van der Waals surface area contributed by atoms with Crippen molar-refractivity contribution in [3.63, 3.8) is 0 Å². The number of likely N-dealkylation sites (tertiary alicyclic amines) is 1. The van der Waals surface area contributed by atoms with Gasteiger partial charge in [0, 0.05) is 26.6 Å². The molecule has 4 heteroatoms. The molecule has 0 unspecified atom stereocenters. The van der Waals surface area contributed by atoms with Crippen LogP contribution >= 0.6 is 0 Å². The SMILES string of the molecule is CC(=O)N(CCc1ccccc1)CC(=O)N1CCCC1. The molecular weight excluding hydrogens is 252 g/mol. The molecule has 1 aliphatic heterocycles. The number of hydrogen-bond donors (Lipinski definition) is 0. The highest BCUT2D eigenvalue weighted by Gasteiger charge is 2.21. The zero-order valence-corrected chi connectivity index (χ0v) is 12.0. The van der Waals surface area contributed by atoms with Crippen molar-refractivity contribution in [1.29, 1.82) is 0 Å². The van der Waals surface area contributed by atoms with Crippen molar-refractivity contribution in [2.45, 2.75) is 26.2 Å². The second-order valence-electron chi connectivity index (χ2n) is 5.26. The second kappa shape index (κ2) is 7.08. The molecule has 0 N–H and O–H groups in total. The second-order valence-corrected chi connectivity index (χ2v) is 5.26. The van der Waals surface area contributed by atoms with Gasteiger partial charge in [-0.2, -0.15) is 0 Å². The number of amides is 2. The Kier molecular flexibility index (Phi) is 5.16. The zero-order valence-electron chi connectivity index (χ0n) is 12.0. The monoisotopic (exact) mass is 274 g/mol. The average Bonchev–Trinajstić information content (AvgIpc) is 2.98. The van der Waals surface area contributed by atoms with Gasteiger partial charge in [-0.3, -0.25) is 9.59 Å². The molecule has 1 aromatic carbocycles. The predicted octanol–water partition coefficient (Wildman–Crippen LogP) is 1.70. The first-order valence-corrected chi connectivity index (χ1v) is 7.24. The predicted molar refractivity (Wildman–Crippen MR) is 78.2 cm³/mol. The Labute approximate surface area is 120 Å². The van der Waals surface area contributed by atoms with E-state index in [2.05, 4.69) is 0 Å². The number of hydrogen-bond acceptors (Lipinski definition) is 2. The van der Waals surface area contributed by atoms with E-state index >= 15 is 0 Å². The van der Waals surface area contributed by atoms with Crippen LogP contribution in [0, 0.1) is 0 Å². The van der Waals surface area contributed by atoms with Gasteiger partial charge < -0.3 is 9.80 Å². The Morgan fingerprint density at radius 1 is 1.15 bits per heavy atom. The van der Waals surface area contributed by atoms with Gasteiger partial charge in [0.1, 0.15) is 0 Å². The van der Waals surface area contributed by atoms with Crippen LogP contribution in [0.15, 0.2) is 30.3 Å². The summed E-state index contributed by atoms with van der Waals surface area (Å²) in [6.45, 7) is 4.01. The van der Waals surface area contributed by atoms with E-state index in [1.54, 1.807) is 4.90 Å². The molecular formula is C16H22N2O2. The molecule has 0 atom stereocenters. The van der Waals surface area contributed by atoms with Crippen LogP contribution in [0.2, 0.25) is 0 Å². The average molecular weight is 274 g/mol. The summed E-state index contributed by atoms with van der Waals surface area (Å²) >= 11 is 0. The van der Waals surface area contributed by atoms with Crippen molar-refractivity contribution in [3.05, 3.63) is 35.9 Å². The van der Waals surface area contributed by atoms with Crippen molar-refractivity contribution >= 4 is 11.8 Å². The summed E-state index contributed by atoms with van der Waals surface area (Å²) < 4.78 is 0. The van der Waals surface area contributed by atoms with Crippen LogP contribution in [0.1, 0.15) is 25.3 Å². The molecule has 2 amide bonds. The molecule has 0 aromatic heterocycles. The van der Waals surface area contributed by atoms with Crippen LogP contribution in [0.4, 0.5) is 0 Å². The zero-order chi connectivity index (χ0) is 14.4. The fraction of sp³-hybridized carbons (Fsp3) is 0.500. The summed E-state index contributed by atoms with van der Waals surface area (Å²) in [6.07, 6.45) is 2.94. The lowest BCUT2D eigenvalue weighted by Crippen LogP contribution is -2.41. The molecule has 0 aliphatic carbocycles. The van der Waals surface area contributed by atoms with Crippen molar-refractivity contribution in [2.24, 2.45) is 0 Å². The molecule has 1 aliphatic rings. The minimum Gasteiger partial charge on any atom is -0.341 e. The first-order chi connectivity index (χ1) is 9.66. The molecule has 20 heavy (non-hydrogen) atoms. The highest BCUT2D eigenvalue weighted by atomic mass is 16.2. The highest BCUT2D eigenvalue weighted by Crippen LogP contribution is 2.09. The Bertz CT molecular complexity index is 453. The number of carbonyl (C=O) groups excluding carboxylic acids is 2. The van der Waals surface area contributed by atoms with E-state index in [0.717, 1.165) is 32.4 Å². The summed E-state index contributed by atoms with van der Waals surface area (Å²) in [4.78, 5) is 27.3. The van der Waals surface area contributed by atoms with Gasteiger partial charge in [-0.15, -0.1) is 0 Å². The van der Waals surface area contributed by atoms with E-state index in [4.69, 9.17) is 0 Å². The lowest BCUT2D eigenvalue weighted by atomic mass is 10.1. The molecule has 0 bridgehead atoms. The van der Waals surface area contributed by atoms with Gasteiger partial charge in [0.25, 0.3) is 0 Å². The van der Waals surface area contributed by atoms with E-state index in [1.807, 2.05) is 35.2 Å². The van der Waals surface area contributed by atoms with Crippen LogP contribution in [-0.4, -0.2) is 47.8 Å². The smallest absolute Gasteiger partial charge is 0.242 e.